The number of carbonyl (C=O) groups excluding carboxylic acids is 7. The number of aliphatic imine (C=N–C) groups is 3. The Morgan fingerprint density at radius 2 is 1.34 bits per heavy atom. The molecule has 37 heteroatoms. The summed E-state index contributed by atoms with van der Waals surface area (Å²) in [6.45, 7) is 22.6. The quantitative estimate of drug-likeness (QED) is 0.0301. The molecule has 4 aromatic rings. The molecule has 594 valence electrons. The van der Waals surface area contributed by atoms with Gasteiger partial charge in [0.05, 0.1) is 53.7 Å². The second-order valence-corrected chi connectivity index (χ2v) is 32.4. The van der Waals surface area contributed by atoms with Crippen LogP contribution in [0.3, 0.4) is 0 Å². The van der Waals surface area contributed by atoms with Crippen LogP contribution in [0.25, 0.3) is 27.5 Å². The van der Waals surface area contributed by atoms with Gasteiger partial charge in [0.1, 0.15) is 36.3 Å². The molecule has 35 nitrogen and oxygen atoms in total. The van der Waals surface area contributed by atoms with Crippen molar-refractivity contribution < 1.29 is 98.7 Å². The van der Waals surface area contributed by atoms with Gasteiger partial charge in [0, 0.05) is 108 Å². The fraction of sp³-hybridized carbons (Fsp3) is 0.597. The summed E-state index contributed by atoms with van der Waals surface area (Å²) in [6, 6.07) is 2.65. The molecule has 11 rings (SSSR count). The maximum atomic E-state index is 14.4. The number of fused-ring (bicyclic) bond motifs is 8. The van der Waals surface area contributed by atoms with Crippen molar-refractivity contribution in [3.8, 4) is 0 Å². The molecule has 3 aromatic heterocycles. The van der Waals surface area contributed by atoms with E-state index in [1.165, 1.54) is 35.0 Å². The molecule has 7 aliphatic rings. The van der Waals surface area contributed by atoms with Crippen LogP contribution in [0.15, 0.2) is 80.4 Å². The SMILES string of the molecule is C/C1=C2/[N-][C@H]([C@H](CC(N)=O)[C@@]2(C)CCC(=O)NC[C@@H](C)OP(=O)([O-])OC2C(CO)OC(n3cnc4cc(C)c(C)cc43)C2O)[C@]2(C)N=C(/C(C)=C3N=C(/C=C4N=C1[C@@H](CCC(N)=O)C\4(C)C)[C@@H](CCC(N)=O)[C@]\3(C)CC(N)=O)[C@@H](CCC(N)=O)[C@]2(C)CC(N)=O.[CH2-]C1OC(n2cnc3c(N)ncnc32)C(O)C1O.[Co+3]. The second-order valence-electron chi connectivity index (χ2n) is 31.1. The number of nitrogens with two attached hydrogens (primary N) is 7. The number of hydrogen-bond donors (Lipinski definition) is 12. The smallest absolute Gasteiger partial charge is 0.756 e. The van der Waals surface area contributed by atoms with Gasteiger partial charge in [0.25, 0.3) is 7.82 Å². The summed E-state index contributed by atoms with van der Waals surface area (Å²) in [4.78, 5) is 140. The van der Waals surface area contributed by atoms with Crippen LogP contribution < -0.4 is 50.3 Å². The Morgan fingerprint density at radius 3 is 1.94 bits per heavy atom. The van der Waals surface area contributed by atoms with Crippen molar-refractivity contribution in [3.05, 3.63) is 88.8 Å². The van der Waals surface area contributed by atoms with E-state index in [1.807, 2.05) is 80.5 Å². The number of aromatic nitrogens is 6. The first kappa shape index (κ1) is 84.8. The summed E-state index contributed by atoms with van der Waals surface area (Å²) in [5.41, 5.74) is 43.2. The summed E-state index contributed by atoms with van der Waals surface area (Å²) in [5, 5.41) is 49.6. The molecular weight excluding hydrogens is 1480 g/mol. The number of amides is 7. The van der Waals surface area contributed by atoms with Crippen molar-refractivity contribution in [2.45, 2.75) is 214 Å². The molecule has 7 aliphatic heterocycles. The number of allylic oxidation sites excluding steroid dienone is 6. The van der Waals surface area contributed by atoms with E-state index in [-0.39, 0.29) is 99.8 Å². The van der Waals surface area contributed by atoms with Gasteiger partial charge in [-0.3, -0.25) is 57.7 Å². The number of carbonyl (C=O) groups is 7. The van der Waals surface area contributed by atoms with Crippen molar-refractivity contribution in [3.63, 3.8) is 0 Å². The second kappa shape index (κ2) is 32.2. The van der Waals surface area contributed by atoms with Gasteiger partial charge in [-0.1, -0.05) is 40.7 Å². The number of aryl methyl sites for hydroxylation is 2. The maximum Gasteiger partial charge on any atom is 3.00 e. The van der Waals surface area contributed by atoms with Crippen molar-refractivity contribution in [2.75, 3.05) is 18.9 Å². The molecule has 19 atom stereocenters. The van der Waals surface area contributed by atoms with Crippen LogP contribution >= 0.6 is 7.82 Å². The third-order valence-electron chi connectivity index (χ3n) is 23.5. The normalized spacial score (nSPS) is 33.6. The van der Waals surface area contributed by atoms with Gasteiger partial charge in [-0.05, 0) is 125 Å². The largest absolute Gasteiger partial charge is 3.00 e. The van der Waals surface area contributed by atoms with Gasteiger partial charge in [-0.2, -0.15) is 5.70 Å². The number of rotatable bonds is 27. The summed E-state index contributed by atoms with van der Waals surface area (Å²) in [5.74, 6) is -7.16. The molecule has 10 heterocycles. The van der Waals surface area contributed by atoms with Crippen LogP contribution in [-0.4, -0.2) is 175 Å². The summed E-state index contributed by atoms with van der Waals surface area (Å²) in [7, 11) is -5.32. The average Bonchev–Trinajstić information content (AvgIpc) is 1.53. The molecule has 0 spiro atoms. The zero-order valence-corrected chi connectivity index (χ0v) is 64.8. The number of ether oxygens (including phenoxy) is 2. The van der Waals surface area contributed by atoms with E-state index >= 15 is 0 Å². The number of nitrogens with zero attached hydrogens (tertiary/aromatic N) is 10. The number of nitrogen functional groups attached to an aromatic ring is 1. The summed E-state index contributed by atoms with van der Waals surface area (Å²) >= 11 is 0. The molecule has 7 amide bonds. The molecule has 3 fully saturated rings. The molecule has 9 unspecified atom stereocenters. The minimum Gasteiger partial charge on any atom is -0.756 e. The van der Waals surface area contributed by atoms with Gasteiger partial charge in [-0.25, -0.2) is 19.9 Å². The zero-order chi connectivity index (χ0) is 79.6. The van der Waals surface area contributed by atoms with Crippen LogP contribution in [0.4, 0.5) is 5.82 Å². The van der Waals surface area contributed by atoms with Crippen LogP contribution in [0.2, 0.25) is 0 Å². The van der Waals surface area contributed by atoms with Crippen LogP contribution in [0, 0.1) is 66.1 Å². The molecule has 109 heavy (non-hydrogen) atoms. The van der Waals surface area contributed by atoms with Crippen molar-refractivity contribution in [2.24, 2.45) is 94.7 Å². The number of hydrogen-bond acceptors (Lipinski definition) is 25. The summed E-state index contributed by atoms with van der Waals surface area (Å²) < 4.78 is 38.8. The Labute approximate surface area is 640 Å². The zero-order valence-electron chi connectivity index (χ0n) is 62.8. The van der Waals surface area contributed by atoms with E-state index in [0.29, 0.717) is 67.6 Å². The number of phosphoric ester groups is 1. The monoisotopic (exact) mass is 1580 g/mol. The Hall–Kier alpha value is -8.26. The maximum absolute atomic E-state index is 14.4. The molecule has 3 saturated heterocycles. The Kier molecular flexibility index (Phi) is 25.0. The van der Waals surface area contributed by atoms with E-state index in [4.69, 9.17) is 79.0 Å². The van der Waals surface area contributed by atoms with Crippen LogP contribution in [0.5, 0.6) is 0 Å². The molecular formula is C72H100CoN18O17P. The standard InChI is InChI=1S/C62H90N13O14P.C10H12N5O3.Co/c1-29-20-39-40(21-30(29)2)75(28-70-39)57-52(84)53(41(27-76)87-57)89-90(85,86)88-31(3)26-69-49(83)18-19-59(8)37(22-46(66)80)56-62(11)61(10,25-48(68)82)36(14-17-45(65)79)51(74-62)33(5)55-60(9,24-47(67)81)34(12-15-43(63)77)38(71-55)23-42-58(6,7)35(13-16-44(64)78)50(72-42)32(4)54(59)73-56;1-4-6(16)7(17)10(18-4)15-3-14-5-8(11)12-2-13-9(5)15;/h20-21,23,28,31,34-37,41,52-53,56-57,76,84H,12-19,22,24-27H2,1-11H3,(H15,63,64,65,66,67,68,69,71,72,73,74,77,78,79,80,81,82,83,85,86);2-4,6-7,10,16-17H,1H2,(H2,11,12,13);/q;-1;+3/p-2/t31-,34-,35-,36-,37+,41?,52?,53?,56-,57?,59-,60+,61+,62+;;/m1../s1. The predicted octanol–water partition coefficient (Wildman–Crippen LogP) is 2.17. The van der Waals surface area contributed by atoms with Crippen molar-refractivity contribution in [1.82, 2.24) is 34.4 Å². The van der Waals surface area contributed by atoms with Gasteiger partial charge in [0.2, 0.25) is 41.4 Å². The number of aliphatic hydroxyl groups excluding tert-OH is 4. The Balaban J connectivity index is 0.000000623. The number of aliphatic hydroxyl groups is 4. The molecule has 19 N–H and O–H groups in total. The number of anilines is 1. The van der Waals surface area contributed by atoms with Gasteiger partial charge in [0.15, 0.2) is 23.9 Å². The summed E-state index contributed by atoms with van der Waals surface area (Å²) in [6.07, 6.45) is -5.69. The molecule has 0 aliphatic carbocycles. The third-order valence-corrected chi connectivity index (χ3v) is 24.6. The number of imidazole rings is 2. The number of nitrogens with one attached hydrogen (secondary N) is 1. The predicted molar refractivity (Wildman–Crippen MR) is 393 cm³/mol. The average molecular weight is 1580 g/mol. The minimum absolute atomic E-state index is 0. The fourth-order valence-corrected chi connectivity index (χ4v) is 18.5. The van der Waals surface area contributed by atoms with Gasteiger partial charge < -0.3 is 106 Å². The first-order valence-corrected chi connectivity index (χ1v) is 37.3. The number of phosphoric acid groups is 1. The molecule has 1 aromatic carbocycles. The minimum atomic E-state index is -5.32. The van der Waals surface area contributed by atoms with E-state index in [0.717, 1.165) is 11.1 Å². The van der Waals surface area contributed by atoms with E-state index in [2.05, 4.69) is 32.2 Å². The van der Waals surface area contributed by atoms with E-state index in [9.17, 15) is 63.4 Å². The number of benzene rings is 1. The first-order chi connectivity index (χ1) is 50.4. The van der Waals surface area contributed by atoms with Crippen LogP contribution in [-0.2, 0) is 73.4 Å². The molecule has 0 radical (unpaired) electrons. The van der Waals surface area contributed by atoms with Crippen LogP contribution in [0.1, 0.15) is 157 Å². The molecule has 0 saturated carbocycles. The van der Waals surface area contributed by atoms with E-state index in [1.54, 1.807) is 6.92 Å². The Bertz CT molecular complexity index is 4520. The van der Waals surface area contributed by atoms with Gasteiger partial charge in [-0.15, -0.1) is 0 Å². The third kappa shape index (κ3) is 16.3. The topological polar surface area (TPSA) is 584 Å². The van der Waals surface area contributed by atoms with Crippen molar-refractivity contribution >= 4 is 94.3 Å². The van der Waals surface area contributed by atoms with Gasteiger partial charge >= 0.3 is 16.8 Å². The first-order valence-electron chi connectivity index (χ1n) is 35.9. The molecule has 8 bridgehead atoms. The number of primary amides is 6. The van der Waals surface area contributed by atoms with Crippen molar-refractivity contribution in [1.29, 1.82) is 0 Å². The fourth-order valence-electron chi connectivity index (χ4n) is 17.3. The Morgan fingerprint density at radius 1 is 0.734 bits per heavy atom. The van der Waals surface area contributed by atoms with E-state index < -0.39 is 168 Å².